The predicted molar refractivity (Wildman–Crippen MR) is 141 cm³/mol. The summed E-state index contributed by atoms with van der Waals surface area (Å²) >= 11 is 1.54. The van der Waals surface area contributed by atoms with E-state index in [0.717, 1.165) is 33.3 Å². The highest BCUT2D eigenvalue weighted by atomic mass is 32.2. The molecule has 0 aromatic heterocycles. The first-order valence-corrected chi connectivity index (χ1v) is 13.0. The van der Waals surface area contributed by atoms with Crippen LogP contribution in [0.5, 0.6) is 11.5 Å². The van der Waals surface area contributed by atoms with Crippen molar-refractivity contribution in [2.24, 2.45) is 0 Å². The standard InChI is InChI=1S/C29H27N3O3S/c1-2-34-24-13-11-23(12-14-24)31-19-32-28(33)16-26(27(17-30)29(32)36-20-31)22-9-6-10-25(15-22)35-18-21-7-4-3-5-8-21/h3-15,26H,2,16,18-20H2,1H3/t26-/m0/s1. The van der Waals surface area contributed by atoms with E-state index >= 15 is 0 Å². The second-order valence-electron chi connectivity index (χ2n) is 8.64. The Morgan fingerprint density at radius 2 is 1.81 bits per heavy atom. The fraction of sp³-hybridized carbons (Fsp3) is 0.241. The maximum atomic E-state index is 13.3. The average Bonchev–Trinajstić information content (AvgIpc) is 2.93. The van der Waals surface area contributed by atoms with Crippen molar-refractivity contribution in [2.45, 2.75) is 25.9 Å². The Hall–Kier alpha value is -3.89. The number of thioether (sulfide) groups is 1. The molecule has 0 N–H and O–H groups in total. The van der Waals surface area contributed by atoms with Crippen molar-refractivity contribution in [3.8, 4) is 17.6 Å². The Morgan fingerprint density at radius 3 is 2.56 bits per heavy atom. The topological polar surface area (TPSA) is 65.8 Å². The first kappa shape index (κ1) is 23.8. The number of benzene rings is 3. The van der Waals surface area contributed by atoms with Gasteiger partial charge in [-0.3, -0.25) is 9.69 Å². The van der Waals surface area contributed by atoms with Crippen LogP contribution in [0.15, 0.2) is 89.5 Å². The molecule has 5 rings (SSSR count). The van der Waals surface area contributed by atoms with Gasteiger partial charge in [-0.15, -0.1) is 0 Å². The summed E-state index contributed by atoms with van der Waals surface area (Å²) in [6, 6.07) is 28.1. The zero-order valence-corrected chi connectivity index (χ0v) is 20.9. The Bertz CT molecular complexity index is 1300. The van der Waals surface area contributed by atoms with Crippen LogP contribution in [0.1, 0.15) is 30.4 Å². The number of hydrogen-bond donors (Lipinski definition) is 0. The molecule has 0 unspecified atom stereocenters. The number of ether oxygens (including phenoxy) is 2. The third kappa shape index (κ3) is 5.05. The minimum atomic E-state index is -0.279. The SMILES string of the molecule is CCOc1ccc(N2CSC3=C(C#N)[C@H](c4cccc(OCc5ccccc5)c4)CC(=O)N3C2)cc1. The lowest BCUT2D eigenvalue weighted by Gasteiger charge is -2.42. The minimum Gasteiger partial charge on any atom is -0.494 e. The first-order chi connectivity index (χ1) is 17.7. The highest BCUT2D eigenvalue weighted by Crippen LogP contribution is 2.43. The largest absolute Gasteiger partial charge is 0.494 e. The number of carbonyl (C=O) groups excluding carboxylic acids is 1. The van der Waals surface area contributed by atoms with Gasteiger partial charge in [0.1, 0.15) is 18.1 Å². The zero-order valence-electron chi connectivity index (χ0n) is 20.1. The summed E-state index contributed by atoms with van der Waals surface area (Å²) in [7, 11) is 0. The van der Waals surface area contributed by atoms with Gasteiger partial charge in [0.25, 0.3) is 0 Å². The molecule has 1 amide bonds. The minimum absolute atomic E-state index is 0.0211. The number of allylic oxidation sites excluding steroid dienone is 1. The van der Waals surface area contributed by atoms with Gasteiger partial charge in [0.05, 0.1) is 35.8 Å². The number of amides is 1. The molecule has 0 bridgehead atoms. The van der Waals surface area contributed by atoms with Crippen molar-refractivity contribution in [3.05, 3.63) is 101 Å². The van der Waals surface area contributed by atoms with Crippen molar-refractivity contribution < 1.29 is 14.3 Å². The molecule has 2 heterocycles. The Morgan fingerprint density at radius 1 is 1.00 bits per heavy atom. The van der Waals surface area contributed by atoms with Gasteiger partial charge in [0.15, 0.2) is 0 Å². The van der Waals surface area contributed by atoms with E-state index in [2.05, 4.69) is 11.0 Å². The van der Waals surface area contributed by atoms with Gasteiger partial charge in [-0.05, 0) is 54.4 Å². The lowest BCUT2D eigenvalue weighted by Crippen LogP contribution is -2.47. The number of hydrogen-bond acceptors (Lipinski definition) is 6. The Labute approximate surface area is 215 Å². The van der Waals surface area contributed by atoms with E-state index in [0.29, 0.717) is 31.3 Å². The van der Waals surface area contributed by atoms with Crippen molar-refractivity contribution in [1.29, 1.82) is 5.26 Å². The monoisotopic (exact) mass is 497 g/mol. The third-order valence-corrected chi connectivity index (χ3v) is 7.47. The van der Waals surface area contributed by atoms with Gasteiger partial charge in [-0.2, -0.15) is 5.26 Å². The van der Waals surface area contributed by atoms with Gasteiger partial charge in [-0.1, -0.05) is 54.2 Å². The molecule has 3 aromatic rings. The molecule has 36 heavy (non-hydrogen) atoms. The Kier molecular flexibility index (Phi) is 7.15. The summed E-state index contributed by atoms with van der Waals surface area (Å²) in [4.78, 5) is 17.2. The molecular formula is C29H27N3O3S. The molecule has 1 atom stereocenters. The van der Waals surface area contributed by atoms with E-state index < -0.39 is 0 Å². The van der Waals surface area contributed by atoms with Crippen molar-refractivity contribution in [3.63, 3.8) is 0 Å². The number of nitriles is 1. The second kappa shape index (κ2) is 10.8. The molecular weight excluding hydrogens is 470 g/mol. The molecule has 2 aliphatic heterocycles. The van der Waals surface area contributed by atoms with Gasteiger partial charge >= 0.3 is 0 Å². The number of anilines is 1. The van der Waals surface area contributed by atoms with E-state index in [1.54, 1.807) is 4.90 Å². The van der Waals surface area contributed by atoms with Gasteiger partial charge in [0, 0.05) is 18.0 Å². The van der Waals surface area contributed by atoms with Crippen molar-refractivity contribution in [1.82, 2.24) is 4.90 Å². The summed E-state index contributed by atoms with van der Waals surface area (Å²) in [5.74, 6) is 1.95. The van der Waals surface area contributed by atoms with E-state index in [1.165, 1.54) is 11.8 Å². The van der Waals surface area contributed by atoms with Crippen molar-refractivity contribution >= 4 is 23.4 Å². The van der Waals surface area contributed by atoms with E-state index in [1.807, 2.05) is 85.8 Å². The van der Waals surface area contributed by atoms with Gasteiger partial charge in [-0.25, -0.2) is 0 Å². The third-order valence-electron chi connectivity index (χ3n) is 6.32. The van der Waals surface area contributed by atoms with Crippen LogP contribution < -0.4 is 14.4 Å². The smallest absolute Gasteiger partial charge is 0.229 e. The fourth-order valence-corrected chi connectivity index (χ4v) is 5.66. The molecule has 2 aliphatic rings. The van der Waals surface area contributed by atoms with E-state index in [9.17, 15) is 10.1 Å². The zero-order chi connectivity index (χ0) is 24.9. The summed E-state index contributed by atoms with van der Waals surface area (Å²) in [5.41, 5.74) is 3.67. The summed E-state index contributed by atoms with van der Waals surface area (Å²) < 4.78 is 11.5. The molecule has 0 saturated carbocycles. The average molecular weight is 498 g/mol. The molecule has 7 heteroatoms. The molecule has 0 spiro atoms. The number of fused-ring (bicyclic) bond motifs is 1. The van der Waals surface area contributed by atoms with Crippen LogP contribution in [0.25, 0.3) is 0 Å². The lowest BCUT2D eigenvalue weighted by molar-refractivity contribution is -0.129. The normalized spacial score (nSPS) is 17.4. The number of rotatable bonds is 7. The molecule has 0 radical (unpaired) electrons. The van der Waals surface area contributed by atoms with Crippen LogP contribution in [0.4, 0.5) is 5.69 Å². The number of nitrogens with zero attached hydrogens (tertiary/aromatic N) is 3. The van der Waals surface area contributed by atoms with E-state index in [-0.39, 0.29) is 18.2 Å². The molecule has 1 saturated heterocycles. The van der Waals surface area contributed by atoms with Crippen LogP contribution in [0.2, 0.25) is 0 Å². The maximum absolute atomic E-state index is 13.3. The summed E-state index contributed by atoms with van der Waals surface area (Å²) in [6.07, 6.45) is 0.256. The molecule has 1 fully saturated rings. The van der Waals surface area contributed by atoms with E-state index in [4.69, 9.17) is 9.47 Å². The fourth-order valence-electron chi connectivity index (χ4n) is 4.49. The predicted octanol–water partition coefficient (Wildman–Crippen LogP) is 5.88. The lowest BCUT2D eigenvalue weighted by atomic mass is 9.86. The van der Waals surface area contributed by atoms with Crippen LogP contribution in [0.3, 0.4) is 0 Å². The first-order valence-electron chi connectivity index (χ1n) is 12.0. The summed E-state index contributed by atoms with van der Waals surface area (Å²) in [5, 5.41) is 10.9. The van der Waals surface area contributed by atoms with Crippen LogP contribution in [-0.4, -0.2) is 30.0 Å². The quantitative estimate of drug-likeness (QED) is 0.406. The molecule has 182 valence electrons. The van der Waals surface area contributed by atoms with Gasteiger partial charge < -0.3 is 14.4 Å². The van der Waals surface area contributed by atoms with Crippen LogP contribution in [0, 0.1) is 11.3 Å². The highest BCUT2D eigenvalue weighted by Gasteiger charge is 2.38. The highest BCUT2D eigenvalue weighted by molar-refractivity contribution is 8.03. The van der Waals surface area contributed by atoms with Crippen molar-refractivity contribution in [2.75, 3.05) is 24.1 Å². The molecule has 6 nitrogen and oxygen atoms in total. The second-order valence-corrected chi connectivity index (χ2v) is 9.57. The van der Waals surface area contributed by atoms with Crippen LogP contribution >= 0.6 is 11.8 Å². The number of carbonyl (C=O) groups is 1. The molecule has 3 aromatic carbocycles. The maximum Gasteiger partial charge on any atom is 0.229 e. The van der Waals surface area contributed by atoms with Gasteiger partial charge in [0.2, 0.25) is 5.91 Å². The Balaban J connectivity index is 1.34. The summed E-state index contributed by atoms with van der Waals surface area (Å²) in [6.45, 7) is 3.47. The molecule has 0 aliphatic carbocycles. The van der Waals surface area contributed by atoms with Crippen LogP contribution in [-0.2, 0) is 11.4 Å².